The quantitative estimate of drug-likeness (QED) is 0.457. The molecule has 2 amide bonds. The second kappa shape index (κ2) is 11.1. The number of carboxylic acids is 1. The van der Waals surface area contributed by atoms with E-state index < -0.39 is 24.2 Å². The molecule has 3 N–H and O–H groups in total. The number of amides is 2. The van der Waals surface area contributed by atoms with Crippen molar-refractivity contribution in [1.82, 2.24) is 10.6 Å². The fourth-order valence-corrected chi connectivity index (χ4v) is 4.40. The Labute approximate surface area is 197 Å². The lowest BCUT2D eigenvalue weighted by molar-refractivity contribution is -0.148. The molecule has 0 aromatic heterocycles. The normalized spacial score (nSPS) is 18.7. The van der Waals surface area contributed by atoms with Crippen molar-refractivity contribution in [1.29, 1.82) is 0 Å². The number of aliphatic carboxylic acids is 1. The molecule has 1 aliphatic carbocycles. The van der Waals surface area contributed by atoms with E-state index in [1.54, 1.807) is 0 Å². The van der Waals surface area contributed by atoms with E-state index in [1.807, 2.05) is 24.3 Å². The van der Waals surface area contributed by atoms with E-state index in [0.717, 1.165) is 11.1 Å². The van der Waals surface area contributed by atoms with E-state index in [0.29, 0.717) is 13.0 Å². The number of benzene rings is 2. The summed E-state index contributed by atoms with van der Waals surface area (Å²) in [6, 6.07) is 15.7. The summed E-state index contributed by atoms with van der Waals surface area (Å²) in [4.78, 5) is 35.2. The van der Waals surface area contributed by atoms with Crippen LogP contribution < -0.4 is 10.6 Å². The zero-order valence-electron chi connectivity index (χ0n) is 18.7. The lowest BCUT2D eigenvalue weighted by Gasteiger charge is -2.16. The average Bonchev–Trinajstić information content (AvgIpc) is 3.42. The van der Waals surface area contributed by atoms with Gasteiger partial charge in [-0.05, 0) is 28.7 Å². The van der Waals surface area contributed by atoms with Crippen molar-refractivity contribution in [2.75, 3.05) is 33.0 Å². The van der Waals surface area contributed by atoms with Crippen molar-refractivity contribution in [3.05, 3.63) is 59.7 Å². The molecule has 2 aromatic carbocycles. The molecule has 0 spiro atoms. The van der Waals surface area contributed by atoms with Gasteiger partial charge in [0.2, 0.25) is 5.91 Å². The van der Waals surface area contributed by atoms with Gasteiger partial charge in [0.15, 0.2) is 6.10 Å². The Balaban J connectivity index is 1.12. The van der Waals surface area contributed by atoms with E-state index >= 15 is 0 Å². The Bertz CT molecular complexity index is 996. The summed E-state index contributed by atoms with van der Waals surface area (Å²) in [5, 5.41) is 14.4. The van der Waals surface area contributed by atoms with Gasteiger partial charge in [-0.1, -0.05) is 48.5 Å². The summed E-state index contributed by atoms with van der Waals surface area (Å²) >= 11 is 0. The minimum atomic E-state index is -1.08. The van der Waals surface area contributed by atoms with Crippen molar-refractivity contribution < 1.29 is 33.7 Å². The van der Waals surface area contributed by atoms with Gasteiger partial charge >= 0.3 is 12.1 Å². The highest BCUT2D eigenvalue weighted by Gasteiger charge is 2.35. The zero-order valence-corrected chi connectivity index (χ0v) is 18.7. The highest BCUT2D eigenvalue weighted by Crippen LogP contribution is 2.44. The molecule has 1 aliphatic heterocycles. The van der Waals surface area contributed by atoms with Gasteiger partial charge in [-0.15, -0.1) is 0 Å². The molecule has 9 heteroatoms. The largest absolute Gasteiger partial charge is 0.479 e. The monoisotopic (exact) mass is 468 g/mol. The number of nitrogens with one attached hydrogen (secondary N) is 2. The van der Waals surface area contributed by atoms with Crippen LogP contribution >= 0.6 is 0 Å². The van der Waals surface area contributed by atoms with Gasteiger partial charge in [-0.25, -0.2) is 9.59 Å². The minimum Gasteiger partial charge on any atom is -0.479 e. The van der Waals surface area contributed by atoms with E-state index in [1.165, 1.54) is 11.1 Å². The molecule has 34 heavy (non-hydrogen) atoms. The second-order valence-corrected chi connectivity index (χ2v) is 8.21. The number of carbonyl (C=O) groups excluding carboxylic acids is 2. The summed E-state index contributed by atoms with van der Waals surface area (Å²) in [6.07, 6.45) is -0.975. The van der Waals surface area contributed by atoms with Gasteiger partial charge in [-0.2, -0.15) is 0 Å². The Morgan fingerprint density at radius 3 is 2.35 bits per heavy atom. The molecule has 2 aliphatic rings. The van der Waals surface area contributed by atoms with Crippen LogP contribution in [0.5, 0.6) is 0 Å². The van der Waals surface area contributed by atoms with E-state index in [-0.39, 0.29) is 44.6 Å². The molecule has 2 atom stereocenters. The predicted molar refractivity (Wildman–Crippen MR) is 122 cm³/mol. The Morgan fingerprint density at radius 1 is 1.00 bits per heavy atom. The number of hydrogen-bond acceptors (Lipinski definition) is 6. The second-order valence-electron chi connectivity index (χ2n) is 8.21. The van der Waals surface area contributed by atoms with Crippen molar-refractivity contribution in [3.8, 4) is 11.1 Å². The maximum atomic E-state index is 12.1. The van der Waals surface area contributed by atoms with Gasteiger partial charge in [0, 0.05) is 25.5 Å². The van der Waals surface area contributed by atoms with E-state index in [4.69, 9.17) is 19.3 Å². The maximum Gasteiger partial charge on any atom is 0.407 e. The molecule has 1 heterocycles. The smallest absolute Gasteiger partial charge is 0.407 e. The molecule has 0 unspecified atom stereocenters. The summed E-state index contributed by atoms with van der Waals surface area (Å²) in [6.45, 7) is 1.17. The minimum absolute atomic E-state index is 0.00101. The van der Waals surface area contributed by atoms with Crippen molar-refractivity contribution in [2.24, 2.45) is 0 Å². The Hall–Kier alpha value is -3.43. The fourth-order valence-electron chi connectivity index (χ4n) is 4.40. The van der Waals surface area contributed by atoms with Crippen LogP contribution in [0.15, 0.2) is 48.5 Å². The summed E-state index contributed by atoms with van der Waals surface area (Å²) in [5.74, 6) is -1.39. The van der Waals surface area contributed by atoms with Crippen LogP contribution in [0.25, 0.3) is 11.1 Å². The third-order valence-corrected chi connectivity index (χ3v) is 6.01. The number of rotatable bonds is 10. The van der Waals surface area contributed by atoms with Gasteiger partial charge < -0.3 is 30.0 Å². The van der Waals surface area contributed by atoms with Crippen LogP contribution in [0.3, 0.4) is 0 Å². The molecule has 0 bridgehead atoms. The lowest BCUT2D eigenvalue weighted by atomic mass is 9.98. The molecule has 9 nitrogen and oxygen atoms in total. The predicted octanol–water partition coefficient (Wildman–Crippen LogP) is 2.29. The first-order valence-electron chi connectivity index (χ1n) is 11.3. The van der Waals surface area contributed by atoms with Crippen LogP contribution in [-0.2, 0) is 23.8 Å². The lowest BCUT2D eigenvalue weighted by Crippen LogP contribution is -2.44. The first kappa shape index (κ1) is 23.7. The van der Waals surface area contributed by atoms with Gasteiger partial charge in [0.1, 0.15) is 6.61 Å². The first-order valence-corrected chi connectivity index (χ1v) is 11.3. The van der Waals surface area contributed by atoms with Crippen LogP contribution in [0.2, 0.25) is 0 Å². The number of alkyl carbamates (subject to hydrolysis) is 1. The topological polar surface area (TPSA) is 123 Å². The average molecular weight is 469 g/mol. The number of carboxylic acid groups (broad SMARTS) is 1. The molecule has 2 aromatic rings. The molecule has 0 saturated carbocycles. The number of hydrogen-bond donors (Lipinski definition) is 3. The van der Waals surface area contributed by atoms with Gasteiger partial charge in [0.25, 0.3) is 0 Å². The van der Waals surface area contributed by atoms with Gasteiger partial charge in [-0.3, -0.25) is 4.79 Å². The zero-order chi connectivity index (χ0) is 23.9. The van der Waals surface area contributed by atoms with Gasteiger partial charge in [0.05, 0.1) is 19.3 Å². The molecule has 1 fully saturated rings. The SMILES string of the molecule is O=C(CCOCCNC(=O)OCC1c2ccccc2-c2ccccc21)N[C@H]1CCO[C@H]1C(=O)O. The van der Waals surface area contributed by atoms with E-state index in [9.17, 15) is 14.4 Å². The Kier molecular flexibility index (Phi) is 7.76. The number of fused-ring (bicyclic) bond motifs is 3. The standard InChI is InChI=1S/C25H28N2O7/c28-22(27-21-9-13-33-23(21)24(29)30)10-12-32-14-11-26-25(31)34-15-20-18-7-3-1-5-16(18)17-6-2-4-8-19(17)20/h1-8,20-21,23H,9-15H2,(H,26,31)(H,27,28)(H,29,30)/t21-,23+/m0/s1. The van der Waals surface area contributed by atoms with Crippen LogP contribution in [0.1, 0.15) is 29.9 Å². The molecule has 0 radical (unpaired) electrons. The van der Waals surface area contributed by atoms with Crippen molar-refractivity contribution >= 4 is 18.0 Å². The number of ether oxygens (including phenoxy) is 3. The number of carbonyl (C=O) groups is 3. The first-order chi connectivity index (χ1) is 16.5. The summed E-state index contributed by atoms with van der Waals surface area (Å²) < 4.78 is 15.9. The third-order valence-electron chi connectivity index (χ3n) is 6.01. The van der Waals surface area contributed by atoms with E-state index in [2.05, 4.69) is 34.9 Å². The Morgan fingerprint density at radius 2 is 1.68 bits per heavy atom. The molecule has 180 valence electrons. The van der Waals surface area contributed by atoms with Crippen molar-refractivity contribution in [3.63, 3.8) is 0 Å². The molecule has 4 rings (SSSR count). The van der Waals surface area contributed by atoms with Crippen LogP contribution in [0.4, 0.5) is 4.79 Å². The molecular weight excluding hydrogens is 440 g/mol. The molecule has 1 saturated heterocycles. The summed E-state index contributed by atoms with van der Waals surface area (Å²) in [5.41, 5.74) is 4.64. The summed E-state index contributed by atoms with van der Waals surface area (Å²) in [7, 11) is 0. The van der Waals surface area contributed by atoms with Crippen LogP contribution in [0, 0.1) is 0 Å². The fraction of sp³-hybridized carbons (Fsp3) is 0.400. The third kappa shape index (κ3) is 5.55. The highest BCUT2D eigenvalue weighted by molar-refractivity contribution is 5.80. The van der Waals surface area contributed by atoms with Crippen LogP contribution in [-0.4, -0.2) is 68.2 Å². The maximum absolute atomic E-state index is 12.1. The highest BCUT2D eigenvalue weighted by atomic mass is 16.5. The van der Waals surface area contributed by atoms with Crippen molar-refractivity contribution in [2.45, 2.75) is 30.9 Å². The molecular formula is C25H28N2O7.